The Morgan fingerprint density at radius 1 is 1.13 bits per heavy atom. The van der Waals surface area contributed by atoms with Gasteiger partial charge in [-0.05, 0) is 32.0 Å². The van der Waals surface area contributed by atoms with E-state index < -0.39 is 0 Å². The van der Waals surface area contributed by atoms with Gasteiger partial charge in [-0.3, -0.25) is 4.79 Å². The average molecular weight is 309 g/mol. The molecule has 0 spiro atoms. The third-order valence-electron chi connectivity index (χ3n) is 3.06. The summed E-state index contributed by atoms with van der Waals surface area (Å²) in [5.41, 5.74) is 1.37. The van der Waals surface area contributed by atoms with E-state index in [2.05, 4.69) is 25.8 Å². The lowest BCUT2D eigenvalue weighted by molar-refractivity contribution is 0.101. The van der Waals surface area contributed by atoms with Crippen LogP contribution in [0.25, 0.3) is 0 Å². The molecule has 2 heterocycles. The van der Waals surface area contributed by atoms with Crippen molar-refractivity contribution in [2.45, 2.75) is 13.8 Å². The molecule has 23 heavy (non-hydrogen) atoms. The van der Waals surface area contributed by atoms with Crippen molar-refractivity contribution in [1.82, 2.24) is 15.1 Å². The minimum Gasteiger partial charge on any atom is -0.360 e. The summed E-state index contributed by atoms with van der Waals surface area (Å²) in [6.45, 7) is 3.34. The number of ketones is 1. The third-order valence-corrected chi connectivity index (χ3v) is 3.06. The van der Waals surface area contributed by atoms with E-state index in [9.17, 15) is 4.79 Å². The van der Waals surface area contributed by atoms with E-state index in [1.165, 1.54) is 6.92 Å². The van der Waals surface area contributed by atoms with Gasteiger partial charge in [0, 0.05) is 23.5 Å². The molecule has 0 fully saturated rings. The van der Waals surface area contributed by atoms with Crippen LogP contribution in [0, 0.1) is 6.92 Å². The maximum atomic E-state index is 11.4. The van der Waals surface area contributed by atoms with Crippen LogP contribution in [0.2, 0.25) is 0 Å². The minimum atomic E-state index is 0.00591. The van der Waals surface area contributed by atoms with Gasteiger partial charge in [-0.1, -0.05) is 17.3 Å². The number of aryl methyl sites for hydroxylation is 1. The molecule has 7 heteroatoms. The lowest BCUT2D eigenvalue weighted by atomic mass is 10.1. The number of carbonyl (C=O) groups excluding carboxylic acids is 1. The number of nitrogens with zero attached hydrogens (tertiary/aromatic N) is 3. The minimum absolute atomic E-state index is 0.00591. The number of anilines is 4. The molecule has 0 aliphatic rings. The highest BCUT2D eigenvalue weighted by atomic mass is 16.5. The largest absolute Gasteiger partial charge is 0.360 e. The van der Waals surface area contributed by atoms with E-state index in [0.29, 0.717) is 28.9 Å². The smallest absolute Gasteiger partial charge is 0.229 e. The molecule has 0 saturated heterocycles. The number of hydrogen-bond acceptors (Lipinski definition) is 7. The molecule has 0 radical (unpaired) electrons. The molecule has 3 rings (SSSR count). The zero-order chi connectivity index (χ0) is 16.2. The predicted octanol–water partition coefficient (Wildman–Crippen LogP) is 3.46. The number of rotatable bonds is 5. The van der Waals surface area contributed by atoms with Crippen molar-refractivity contribution < 1.29 is 9.32 Å². The summed E-state index contributed by atoms with van der Waals surface area (Å²) < 4.78 is 4.99. The van der Waals surface area contributed by atoms with E-state index in [-0.39, 0.29) is 5.78 Å². The molecule has 0 bridgehead atoms. The normalized spacial score (nSPS) is 10.3. The van der Waals surface area contributed by atoms with Crippen LogP contribution in [0.15, 0.2) is 47.1 Å². The van der Waals surface area contributed by atoms with Gasteiger partial charge in [0.1, 0.15) is 11.6 Å². The fourth-order valence-corrected chi connectivity index (χ4v) is 1.99. The summed E-state index contributed by atoms with van der Waals surface area (Å²) in [6.07, 6.45) is 1.62. The average Bonchev–Trinajstić information content (AvgIpc) is 2.93. The summed E-state index contributed by atoms with van der Waals surface area (Å²) in [7, 11) is 0. The Balaban J connectivity index is 1.77. The van der Waals surface area contributed by atoms with Crippen LogP contribution >= 0.6 is 0 Å². The molecule has 0 unspecified atom stereocenters. The lowest BCUT2D eigenvalue weighted by Crippen LogP contribution is -2.01. The van der Waals surface area contributed by atoms with Crippen molar-refractivity contribution in [1.29, 1.82) is 0 Å². The van der Waals surface area contributed by atoms with Crippen LogP contribution in [0.5, 0.6) is 0 Å². The van der Waals surface area contributed by atoms with Gasteiger partial charge in [0.2, 0.25) is 5.95 Å². The quantitative estimate of drug-likeness (QED) is 0.697. The van der Waals surface area contributed by atoms with Crippen LogP contribution in [0.4, 0.5) is 23.3 Å². The van der Waals surface area contributed by atoms with E-state index in [1.807, 2.05) is 13.0 Å². The molecular weight excluding hydrogens is 294 g/mol. The molecule has 3 aromatic rings. The standard InChI is InChI=1S/C16H15N5O2/c1-10-8-15(21-23-10)19-14-6-7-17-16(20-14)18-13-5-3-4-12(9-13)11(2)22/h3-9H,1-2H3,(H2,17,18,19,20,21). The summed E-state index contributed by atoms with van der Waals surface area (Å²) in [6, 6.07) is 10.7. The van der Waals surface area contributed by atoms with Crippen LogP contribution in [-0.2, 0) is 0 Å². The number of nitrogens with one attached hydrogen (secondary N) is 2. The molecule has 0 atom stereocenters. The molecule has 1 aromatic carbocycles. The summed E-state index contributed by atoms with van der Waals surface area (Å²) in [4.78, 5) is 19.9. The van der Waals surface area contributed by atoms with E-state index in [1.54, 1.807) is 36.5 Å². The van der Waals surface area contributed by atoms with Crippen molar-refractivity contribution in [2.24, 2.45) is 0 Å². The van der Waals surface area contributed by atoms with Crippen LogP contribution in [0.3, 0.4) is 0 Å². The zero-order valence-electron chi connectivity index (χ0n) is 12.7. The van der Waals surface area contributed by atoms with Gasteiger partial charge < -0.3 is 15.2 Å². The van der Waals surface area contributed by atoms with Gasteiger partial charge in [-0.15, -0.1) is 0 Å². The molecule has 0 aliphatic heterocycles. The third kappa shape index (κ3) is 3.70. The fourth-order valence-electron chi connectivity index (χ4n) is 1.99. The highest BCUT2D eigenvalue weighted by Crippen LogP contribution is 2.18. The van der Waals surface area contributed by atoms with Gasteiger partial charge >= 0.3 is 0 Å². The lowest BCUT2D eigenvalue weighted by Gasteiger charge is -2.07. The number of hydrogen-bond donors (Lipinski definition) is 2. The van der Waals surface area contributed by atoms with E-state index >= 15 is 0 Å². The maximum Gasteiger partial charge on any atom is 0.229 e. The Kier molecular flexibility index (Phi) is 4.01. The molecule has 2 N–H and O–H groups in total. The monoisotopic (exact) mass is 309 g/mol. The maximum absolute atomic E-state index is 11.4. The first-order valence-electron chi connectivity index (χ1n) is 7.01. The summed E-state index contributed by atoms with van der Waals surface area (Å²) in [5, 5.41) is 9.95. The number of Topliss-reactive ketones (excluding diaryl/α,β-unsaturated/α-hetero) is 1. The molecule has 2 aromatic heterocycles. The Labute approximate surface area is 132 Å². The number of aromatic nitrogens is 3. The van der Waals surface area contributed by atoms with Crippen LogP contribution in [0.1, 0.15) is 23.0 Å². The van der Waals surface area contributed by atoms with Crippen molar-refractivity contribution in [3.05, 3.63) is 53.9 Å². The van der Waals surface area contributed by atoms with E-state index in [4.69, 9.17) is 4.52 Å². The summed E-state index contributed by atoms with van der Waals surface area (Å²) >= 11 is 0. The van der Waals surface area contributed by atoms with Crippen LogP contribution < -0.4 is 10.6 Å². The topological polar surface area (TPSA) is 92.9 Å². The van der Waals surface area contributed by atoms with Gasteiger partial charge in [0.25, 0.3) is 0 Å². The highest BCUT2D eigenvalue weighted by Gasteiger charge is 2.05. The van der Waals surface area contributed by atoms with Crippen molar-refractivity contribution in [2.75, 3.05) is 10.6 Å². The fraction of sp³-hybridized carbons (Fsp3) is 0.125. The number of benzene rings is 1. The molecule has 0 amide bonds. The summed E-state index contributed by atoms with van der Waals surface area (Å²) in [5.74, 6) is 2.28. The molecular formula is C16H15N5O2. The predicted molar refractivity (Wildman–Crippen MR) is 86.3 cm³/mol. The molecule has 7 nitrogen and oxygen atoms in total. The SMILES string of the molecule is CC(=O)c1cccc(Nc2nccc(Nc3cc(C)on3)n2)c1. The van der Waals surface area contributed by atoms with Gasteiger partial charge in [0.15, 0.2) is 11.6 Å². The van der Waals surface area contributed by atoms with Crippen molar-refractivity contribution in [3.63, 3.8) is 0 Å². The Bertz CT molecular complexity index is 844. The molecule has 0 aliphatic carbocycles. The van der Waals surface area contributed by atoms with Crippen LogP contribution in [-0.4, -0.2) is 20.9 Å². The van der Waals surface area contributed by atoms with Gasteiger partial charge in [0.05, 0.1) is 0 Å². The van der Waals surface area contributed by atoms with Crippen molar-refractivity contribution in [3.8, 4) is 0 Å². The first-order chi connectivity index (χ1) is 11.1. The Hall–Kier alpha value is -3.22. The second-order valence-electron chi connectivity index (χ2n) is 4.98. The van der Waals surface area contributed by atoms with Crippen molar-refractivity contribution >= 4 is 29.1 Å². The Morgan fingerprint density at radius 3 is 2.74 bits per heavy atom. The van der Waals surface area contributed by atoms with E-state index in [0.717, 1.165) is 5.69 Å². The number of carbonyl (C=O) groups is 1. The Morgan fingerprint density at radius 2 is 2.00 bits per heavy atom. The second-order valence-corrected chi connectivity index (χ2v) is 4.98. The molecule has 0 saturated carbocycles. The molecule has 116 valence electrons. The first-order valence-corrected chi connectivity index (χ1v) is 7.01. The zero-order valence-corrected chi connectivity index (χ0v) is 12.7. The second kappa shape index (κ2) is 6.27. The highest BCUT2D eigenvalue weighted by molar-refractivity contribution is 5.95. The first kappa shape index (κ1) is 14.7. The van der Waals surface area contributed by atoms with Gasteiger partial charge in [-0.25, -0.2) is 4.98 Å². The van der Waals surface area contributed by atoms with Gasteiger partial charge in [-0.2, -0.15) is 4.98 Å².